The second-order valence-electron chi connectivity index (χ2n) is 6.52. The molecule has 1 atom stereocenters. The van der Waals surface area contributed by atoms with Crippen molar-refractivity contribution in [1.82, 2.24) is 0 Å². The third-order valence-electron chi connectivity index (χ3n) is 4.54. The number of aryl methyl sites for hydroxylation is 1. The predicted octanol–water partition coefficient (Wildman–Crippen LogP) is 4.85. The number of anilines is 1. The molecule has 2 aromatic rings. The summed E-state index contributed by atoms with van der Waals surface area (Å²) in [5, 5.41) is 2.88. The maximum Gasteiger partial charge on any atom is 0.260 e. The minimum Gasteiger partial charge on any atom is -0.379 e. The highest BCUT2D eigenvalue weighted by Gasteiger charge is 2.30. The van der Waals surface area contributed by atoms with Crippen molar-refractivity contribution in [3.05, 3.63) is 63.7 Å². The number of aliphatic imine (C=N–C) groups is 1. The van der Waals surface area contributed by atoms with E-state index in [9.17, 15) is 13.6 Å². The Morgan fingerprint density at radius 3 is 2.70 bits per heavy atom. The Hall–Kier alpha value is -2.12. The van der Waals surface area contributed by atoms with Crippen LogP contribution in [0.3, 0.4) is 0 Å². The smallest absolute Gasteiger partial charge is 0.260 e. The van der Waals surface area contributed by atoms with Gasteiger partial charge in [0.15, 0.2) is 5.17 Å². The number of nitrogens with two attached hydrogens (primary N) is 1. The van der Waals surface area contributed by atoms with E-state index in [0.29, 0.717) is 16.3 Å². The zero-order chi connectivity index (χ0) is 19.8. The lowest BCUT2D eigenvalue weighted by Gasteiger charge is -2.30. The summed E-state index contributed by atoms with van der Waals surface area (Å²) < 4.78 is 28.4. The third kappa shape index (κ3) is 3.94. The second kappa shape index (κ2) is 7.48. The first-order valence-corrected chi connectivity index (χ1v) is 9.62. The van der Waals surface area contributed by atoms with E-state index in [4.69, 9.17) is 17.3 Å². The first-order chi connectivity index (χ1) is 12.7. The van der Waals surface area contributed by atoms with E-state index in [2.05, 4.69) is 10.3 Å². The Kier molecular flexibility index (Phi) is 5.44. The number of halogens is 3. The van der Waals surface area contributed by atoms with Gasteiger partial charge in [-0.2, -0.15) is 0 Å². The number of rotatable bonds is 3. The lowest BCUT2D eigenvalue weighted by atomic mass is 9.89. The number of benzene rings is 2. The molecule has 27 heavy (non-hydrogen) atoms. The Morgan fingerprint density at radius 2 is 2.00 bits per heavy atom. The SMILES string of the molecule is Cc1ccc(F)c(C(=O)Nc2cc(C3(C)CCSC(N)=N3)ccc2F)c1Cl. The molecule has 3 N–H and O–H groups in total. The van der Waals surface area contributed by atoms with Gasteiger partial charge in [-0.1, -0.05) is 35.5 Å². The number of thioether (sulfide) groups is 1. The Labute approximate surface area is 165 Å². The summed E-state index contributed by atoms with van der Waals surface area (Å²) in [4.78, 5) is 17.0. The van der Waals surface area contributed by atoms with Gasteiger partial charge >= 0.3 is 0 Å². The minimum absolute atomic E-state index is 0.00213. The summed E-state index contributed by atoms with van der Waals surface area (Å²) in [5.74, 6) is -1.44. The van der Waals surface area contributed by atoms with Crippen molar-refractivity contribution < 1.29 is 13.6 Å². The number of hydrogen-bond donors (Lipinski definition) is 2. The zero-order valence-electron chi connectivity index (χ0n) is 14.8. The van der Waals surface area contributed by atoms with Crippen molar-refractivity contribution in [3.8, 4) is 0 Å². The van der Waals surface area contributed by atoms with Crippen LogP contribution in [0.4, 0.5) is 14.5 Å². The summed E-state index contributed by atoms with van der Waals surface area (Å²) in [5.41, 5.74) is 6.09. The van der Waals surface area contributed by atoms with Crippen LogP contribution in [0.2, 0.25) is 5.02 Å². The highest BCUT2D eigenvalue weighted by Crippen LogP contribution is 2.36. The zero-order valence-corrected chi connectivity index (χ0v) is 16.3. The molecule has 1 amide bonds. The molecular formula is C19H18ClF2N3OS. The number of nitrogens with zero attached hydrogens (tertiary/aromatic N) is 1. The third-order valence-corrected chi connectivity index (χ3v) is 5.83. The molecule has 0 radical (unpaired) electrons. The van der Waals surface area contributed by atoms with Gasteiger partial charge < -0.3 is 11.1 Å². The Balaban J connectivity index is 1.96. The number of carbonyl (C=O) groups excluding carboxylic acids is 1. The maximum absolute atomic E-state index is 14.3. The normalized spacial score (nSPS) is 19.5. The van der Waals surface area contributed by atoms with Crippen molar-refractivity contribution in [2.75, 3.05) is 11.1 Å². The Bertz CT molecular complexity index is 951. The topological polar surface area (TPSA) is 67.5 Å². The van der Waals surface area contributed by atoms with Gasteiger partial charge in [0.1, 0.15) is 11.6 Å². The maximum atomic E-state index is 14.3. The lowest BCUT2D eigenvalue weighted by Crippen LogP contribution is -2.29. The van der Waals surface area contributed by atoms with Gasteiger partial charge in [0.2, 0.25) is 0 Å². The highest BCUT2D eigenvalue weighted by atomic mass is 35.5. The molecule has 0 aromatic heterocycles. The van der Waals surface area contributed by atoms with E-state index in [0.717, 1.165) is 18.2 Å². The van der Waals surface area contributed by atoms with Gasteiger partial charge in [-0.15, -0.1) is 0 Å². The van der Waals surface area contributed by atoms with Crippen LogP contribution in [-0.2, 0) is 5.54 Å². The monoisotopic (exact) mass is 409 g/mol. The average Bonchev–Trinajstić information content (AvgIpc) is 2.60. The molecule has 142 valence electrons. The van der Waals surface area contributed by atoms with Crippen molar-refractivity contribution in [1.29, 1.82) is 0 Å². The molecule has 0 bridgehead atoms. The molecule has 1 unspecified atom stereocenters. The van der Waals surface area contributed by atoms with E-state index in [-0.39, 0.29) is 16.3 Å². The van der Waals surface area contributed by atoms with E-state index in [1.807, 2.05) is 6.92 Å². The van der Waals surface area contributed by atoms with Crippen LogP contribution >= 0.6 is 23.4 Å². The molecular weight excluding hydrogens is 392 g/mol. The first kappa shape index (κ1) is 19.6. The molecule has 2 aromatic carbocycles. The van der Waals surface area contributed by atoms with Gasteiger partial charge in [0.05, 0.1) is 21.8 Å². The molecule has 0 fully saturated rings. The molecule has 3 rings (SSSR count). The molecule has 0 saturated heterocycles. The quantitative estimate of drug-likeness (QED) is 0.761. The first-order valence-electron chi connectivity index (χ1n) is 8.25. The molecule has 0 aliphatic carbocycles. The van der Waals surface area contributed by atoms with Gasteiger partial charge in [0.25, 0.3) is 5.91 Å². The summed E-state index contributed by atoms with van der Waals surface area (Å²) in [6.45, 7) is 3.56. The van der Waals surface area contributed by atoms with Crippen molar-refractivity contribution in [2.45, 2.75) is 25.8 Å². The van der Waals surface area contributed by atoms with E-state index in [1.165, 1.54) is 30.0 Å². The number of amides is 1. The fraction of sp³-hybridized carbons (Fsp3) is 0.263. The lowest BCUT2D eigenvalue weighted by molar-refractivity contribution is 0.102. The van der Waals surface area contributed by atoms with Crippen LogP contribution in [0.5, 0.6) is 0 Å². The summed E-state index contributed by atoms with van der Waals surface area (Å²) in [6, 6.07) is 6.98. The predicted molar refractivity (Wildman–Crippen MR) is 107 cm³/mol. The fourth-order valence-corrected chi connectivity index (χ4v) is 4.11. The number of carbonyl (C=O) groups is 1. The highest BCUT2D eigenvalue weighted by molar-refractivity contribution is 8.13. The average molecular weight is 410 g/mol. The van der Waals surface area contributed by atoms with Crippen molar-refractivity contribution in [2.24, 2.45) is 10.7 Å². The second-order valence-corrected chi connectivity index (χ2v) is 8.02. The fourth-order valence-electron chi connectivity index (χ4n) is 2.90. The summed E-state index contributed by atoms with van der Waals surface area (Å²) >= 11 is 7.52. The van der Waals surface area contributed by atoms with Crippen LogP contribution in [0.25, 0.3) is 0 Å². The molecule has 0 saturated carbocycles. The molecule has 1 aliphatic heterocycles. The van der Waals surface area contributed by atoms with Crippen LogP contribution < -0.4 is 11.1 Å². The van der Waals surface area contributed by atoms with Crippen LogP contribution in [0.1, 0.15) is 34.8 Å². The molecule has 1 heterocycles. The molecule has 1 aliphatic rings. The Morgan fingerprint density at radius 1 is 1.30 bits per heavy atom. The van der Waals surface area contributed by atoms with E-state index < -0.39 is 23.1 Å². The van der Waals surface area contributed by atoms with Crippen molar-refractivity contribution >= 4 is 40.1 Å². The minimum atomic E-state index is -0.815. The van der Waals surface area contributed by atoms with Gasteiger partial charge in [-0.25, -0.2) is 8.78 Å². The van der Waals surface area contributed by atoms with Crippen molar-refractivity contribution in [3.63, 3.8) is 0 Å². The number of nitrogens with one attached hydrogen (secondary N) is 1. The van der Waals surface area contributed by atoms with Gasteiger partial charge in [-0.05, 0) is 49.6 Å². The van der Waals surface area contributed by atoms with E-state index >= 15 is 0 Å². The van der Waals surface area contributed by atoms with E-state index in [1.54, 1.807) is 13.0 Å². The van der Waals surface area contributed by atoms with Gasteiger partial charge in [-0.3, -0.25) is 9.79 Å². The van der Waals surface area contributed by atoms with Crippen LogP contribution in [0.15, 0.2) is 35.3 Å². The molecule has 0 spiro atoms. The summed E-state index contributed by atoms with van der Waals surface area (Å²) in [6.07, 6.45) is 0.718. The van der Waals surface area contributed by atoms with Crippen LogP contribution in [-0.4, -0.2) is 16.8 Å². The summed E-state index contributed by atoms with van der Waals surface area (Å²) in [7, 11) is 0. The standard InChI is InChI=1S/C19H18ClF2N3OS/c1-10-3-5-13(22)15(16(10)20)17(26)24-14-9-11(4-6-12(14)21)19(2)7-8-27-18(23)25-19/h3-6,9H,7-8H2,1-2H3,(H2,23,25)(H,24,26). The molecule has 4 nitrogen and oxygen atoms in total. The largest absolute Gasteiger partial charge is 0.379 e. The molecule has 8 heteroatoms. The van der Waals surface area contributed by atoms with Crippen LogP contribution in [0, 0.1) is 18.6 Å². The van der Waals surface area contributed by atoms with Gasteiger partial charge in [0, 0.05) is 5.75 Å². The number of amidine groups is 1. The number of hydrogen-bond acceptors (Lipinski definition) is 4.